The zero-order chi connectivity index (χ0) is 11.8. The molecule has 0 saturated heterocycles. The van der Waals surface area contributed by atoms with Crippen LogP contribution in [0.4, 0.5) is 0 Å². The molecule has 2 N–H and O–H groups in total. The van der Waals surface area contributed by atoms with E-state index in [0.717, 1.165) is 0 Å². The average molecular weight is 210 g/mol. The van der Waals surface area contributed by atoms with Gasteiger partial charge in [0.25, 0.3) is 0 Å². The minimum Gasteiger partial charge on any atom is -0.370 e. The van der Waals surface area contributed by atoms with Gasteiger partial charge in [-0.15, -0.1) is 12.8 Å². The van der Waals surface area contributed by atoms with E-state index in [2.05, 4.69) is 11.8 Å². The molecule has 2 unspecified atom stereocenters. The Balaban J connectivity index is 2.76. The second-order valence-electron chi connectivity index (χ2n) is 3.70. The maximum Gasteiger partial charge on any atom is 0.170 e. The maximum atomic E-state index is 10.2. The summed E-state index contributed by atoms with van der Waals surface area (Å²) >= 11 is 0. The number of rotatable bonds is 0. The number of terminal acetylenes is 2. The molecule has 2 heteroatoms. The molecular weight excluding hydrogens is 200 g/mol. The maximum absolute atomic E-state index is 10.2. The van der Waals surface area contributed by atoms with Crippen LogP contribution in [0.2, 0.25) is 0 Å². The molecular formula is C14H10O2. The zero-order valence-electron chi connectivity index (χ0n) is 8.51. The normalized spacial score (nSPS) is 31.2. The molecule has 78 valence electrons. The van der Waals surface area contributed by atoms with Crippen LogP contribution in [0.15, 0.2) is 36.4 Å². The Morgan fingerprint density at radius 2 is 1.25 bits per heavy atom. The van der Waals surface area contributed by atoms with Crippen molar-refractivity contribution in [2.75, 3.05) is 0 Å². The summed E-state index contributed by atoms with van der Waals surface area (Å²) < 4.78 is 0. The largest absolute Gasteiger partial charge is 0.370 e. The van der Waals surface area contributed by atoms with E-state index >= 15 is 0 Å². The van der Waals surface area contributed by atoms with E-state index in [1.54, 1.807) is 24.3 Å². The molecule has 1 aromatic rings. The van der Waals surface area contributed by atoms with Crippen molar-refractivity contribution < 1.29 is 10.2 Å². The van der Waals surface area contributed by atoms with Crippen molar-refractivity contribution in [3.8, 4) is 24.7 Å². The predicted molar refractivity (Wildman–Crippen MR) is 61.0 cm³/mol. The van der Waals surface area contributed by atoms with E-state index in [1.165, 1.54) is 12.2 Å². The van der Waals surface area contributed by atoms with E-state index in [1.807, 2.05) is 0 Å². The molecule has 0 fully saturated rings. The van der Waals surface area contributed by atoms with Gasteiger partial charge in [-0.05, 0) is 12.2 Å². The molecule has 0 bridgehead atoms. The van der Waals surface area contributed by atoms with Gasteiger partial charge in [0.05, 0.1) is 0 Å². The zero-order valence-corrected chi connectivity index (χ0v) is 8.51. The fraction of sp³-hybridized carbons (Fsp3) is 0.143. The molecule has 1 aliphatic carbocycles. The quantitative estimate of drug-likeness (QED) is 0.493. The van der Waals surface area contributed by atoms with Crippen LogP contribution in [-0.4, -0.2) is 10.2 Å². The Morgan fingerprint density at radius 3 is 1.56 bits per heavy atom. The van der Waals surface area contributed by atoms with Gasteiger partial charge < -0.3 is 10.2 Å². The predicted octanol–water partition coefficient (Wildman–Crippen LogP) is 0.898. The first kappa shape index (κ1) is 10.5. The Morgan fingerprint density at radius 1 is 0.875 bits per heavy atom. The monoisotopic (exact) mass is 210 g/mol. The first-order chi connectivity index (χ1) is 7.56. The average Bonchev–Trinajstić information content (AvgIpc) is 2.35. The summed E-state index contributed by atoms with van der Waals surface area (Å²) in [5.41, 5.74) is -2.11. The minimum atomic E-state index is -1.50. The summed E-state index contributed by atoms with van der Waals surface area (Å²) in [7, 11) is 0. The highest BCUT2D eigenvalue weighted by molar-refractivity contribution is 5.53. The summed E-state index contributed by atoms with van der Waals surface area (Å²) in [5, 5.41) is 20.3. The van der Waals surface area contributed by atoms with Crippen LogP contribution < -0.4 is 0 Å². The van der Waals surface area contributed by atoms with Crippen molar-refractivity contribution in [2.24, 2.45) is 0 Å². The van der Waals surface area contributed by atoms with Gasteiger partial charge in [-0.2, -0.15) is 0 Å². The van der Waals surface area contributed by atoms with Crippen LogP contribution in [0, 0.1) is 24.7 Å². The van der Waals surface area contributed by atoms with Crippen LogP contribution in [0.25, 0.3) is 0 Å². The number of benzene rings is 1. The van der Waals surface area contributed by atoms with E-state index in [9.17, 15) is 10.2 Å². The fourth-order valence-corrected chi connectivity index (χ4v) is 1.82. The molecule has 0 heterocycles. The lowest BCUT2D eigenvalue weighted by atomic mass is 9.77. The van der Waals surface area contributed by atoms with Gasteiger partial charge in [0.1, 0.15) is 0 Å². The molecule has 0 aliphatic heterocycles. The molecule has 1 aliphatic rings. The van der Waals surface area contributed by atoms with Crippen molar-refractivity contribution in [3.63, 3.8) is 0 Å². The standard InChI is InChI=1S/C14H10O2/c1-3-13(15)9-10-14(16,4-2)12-8-6-5-7-11(12)13/h1-2,5-10,15-16H. The van der Waals surface area contributed by atoms with E-state index in [4.69, 9.17) is 12.8 Å². The molecule has 0 spiro atoms. The number of fused-ring (bicyclic) bond motifs is 1. The van der Waals surface area contributed by atoms with Crippen molar-refractivity contribution >= 4 is 0 Å². The minimum absolute atomic E-state index is 0.445. The van der Waals surface area contributed by atoms with Crippen LogP contribution in [0.3, 0.4) is 0 Å². The molecule has 16 heavy (non-hydrogen) atoms. The van der Waals surface area contributed by atoms with Gasteiger partial charge >= 0.3 is 0 Å². The Kier molecular flexibility index (Phi) is 2.14. The number of hydrogen-bond donors (Lipinski definition) is 2. The van der Waals surface area contributed by atoms with Crippen LogP contribution in [0.1, 0.15) is 11.1 Å². The van der Waals surface area contributed by atoms with Gasteiger partial charge in [-0.1, -0.05) is 36.1 Å². The smallest absolute Gasteiger partial charge is 0.170 e. The van der Waals surface area contributed by atoms with Crippen molar-refractivity contribution in [3.05, 3.63) is 47.5 Å². The van der Waals surface area contributed by atoms with Gasteiger partial charge in [-0.25, -0.2) is 0 Å². The highest BCUT2D eigenvalue weighted by Crippen LogP contribution is 2.38. The molecule has 0 amide bonds. The number of hydrogen-bond acceptors (Lipinski definition) is 2. The van der Waals surface area contributed by atoms with E-state index < -0.39 is 11.2 Å². The molecule has 0 aromatic heterocycles. The summed E-state index contributed by atoms with van der Waals surface area (Å²) in [6.07, 6.45) is 13.3. The SMILES string of the molecule is C#CC1(O)C=CC(O)(C#C)c2ccccc21. The van der Waals surface area contributed by atoms with E-state index in [0.29, 0.717) is 11.1 Å². The highest BCUT2D eigenvalue weighted by Gasteiger charge is 2.38. The summed E-state index contributed by atoms with van der Waals surface area (Å²) in [6.45, 7) is 0. The first-order valence-electron chi connectivity index (χ1n) is 4.76. The van der Waals surface area contributed by atoms with Gasteiger partial charge in [0, 0.05) is 11.1 Å². The van der Waals surface area contributed by atoms with Crippen molar-refractivity contribution in [2.45, 2.75) is 11.2 Å². The lowest BCUT2D eigenvalue weighted by Crippen LogP contribution is -2.34. The summed E-state index contributed by atoms with van der Waals surface area (Å²) in [6, 6.07) is 6.77. The highest BCUT2D eigenvalue weighted by atomic mass is 16.3. The molecule has 1 aromatic carbocycles. The third-order valence-electron chi connectivity index (χ3n) is 2.75. The molecule has 2 nitrogen and oxygen atoms in total. The topological polar surface area (TPSA) is 40.5 Å². The summed E-state index contributed by atoms with van der Waals surface area (Å²) in [5.74, 6) is 4.57. The second-order valence-corrected chi connectivity index (χ2v) is 3.70. The fourth-order valence-electron chi connectivity index (χ4n) is 1.82. The molecule has 0 radical (unpaired) electrons. The van der Waals surface area contributed by atoms with Gasteiger partial charge in [0.15, 0.2) is 11.2 Å². The van der Waals surface area contributed by atoms with Crippen molar-refractivity contribution in [1.82, 2.24) is 0 Å². The lowest BCUT2D eigenvalue weighted by molar-refractivity contribution is 0.110. The lowest BCUT2D eigenvalue weighted by Gasteiger charge is -2.32. The molecule has 2 rings (SSSR count). The van der Waals surface area contributed by atoms with Gasteiger partial charge in [0.2, 0.25) is 0 Å². The Labute approximate surface area is 94.2 Å². The van der Waals surface area contributed by atoms with Crippen LogP contribution >= 0.6 is 0 Å². The second kappa shape index (κ2) is 3.25. The van der Waals surface area contributed by atoms with E-state index in [-0.39, 0.29) is 0 Å². The molecule has 0 saturated carbocycles. The molecule has 2 atom stereocenters. The first-order valence-corrected chi connectivity index (χ1v) is 4.76. The third-order valence-corrected chi connectivity index (χ3v) is 2.75. The third kappa shape index (κ3) is 1.26. The van der Waals surface area contributed by atoms with Crippen molar-refractivity contribution in [1.29, 1.82) is 0 Å². The van der Waals surface area contributed by atoms with Crippen LogP contribution in [0.5, 0.6) is 0 Å². The van der Waals surface area contributed by atoms with Crippen LogP contribution in [-0.2, 0) is 11.2 Å². The number of aliphatic hydroxyl groups is 2. The van der Waals surface area contributed by atoms with Gasteiger partial charge in [-0.3, -0.25) is 0 Å². The Bertz CT molecular complexity index is 496. The Hall–Kier alpha value is -2.00. The summed E-state index contributed by atoms with van der Waals surface area (Å²) in [4.78, 5) is 0.